The van der Waals surface area contributed by atoms with Crippen LogP contribution in [-0.4, -0.2) is 47.1 Å². The van der Waals surface area contributed by atoms with Crippen LogP contribution in [0.3, 0.4) is 0 Å². The van der Waals surface area contributed by atoms with Gasteiger partial charge in [-0.15, -0.1) is 0 Å². The number of hydrogen-bond acceptors (Lipinski definition) is 9. The maximum atomic E-state index is 12.7. The van der Waals surface area contributed by atoms with E-state index in [0.717, 1.165) is 0 Å². The van der Waals surface area contributed by atoms with Crippen molar-refractivity contribution in [3.63, 3.8) is 0 Å². The number of phenols is 2. The molecule has 0 atom stereocenters. The van der Waals surface area contributed by atoms with Gasteiger partial charge in [-0.05, 0) is 38.1 Å². The van der Waals surface area contributed by atoms with Crippen molar-refractivity contribution in [2.75, 3.05) is 13.2 Å². The summed E-state index contributed by atoms with van der Waals surface area (Å²) in [6, 6.07) is 27.2. The SMILES string of the molecule is CC(C)=C(C#N)C(=O)OC(COc1ccc(C(=O)c2ccccc2)c(O)c1)COc1ccc(C(=O)c2ccccc2)c(O)c1. The fraction of sp³-hybridized carbons (Fsp3) is 0.143. The molecule has 9 heteroatoms. The lowest BCUT2D eigenvalue weighted by Crippen LogP contribution is -2.31. The summed E-state index contributed by atoms with van der Waals surface area (Å²) in [7, 11) is 0. The normalized spacial score (nSPS) is 10.4. The first-order valence-corrected chi connectivity index (χ1v) is 13.6. The van der Waals surface area contributed by atoms with Crippen LogP contribution in [0, 0.1) is 11.3 Å². The van der Waals surface area contributed by atoms with Gasteiger partial charge < -0.3 is 24.4 Å². The quantitative estimate of drug-likeness (QED) is 0.0906. The third-order valence-corrected chi connectivity index (χ3v) is 6.46. The predicted octanol–water partition coefficient (Wildman–Crippen LogP) is 5.79. The van der Waals surface area contributed by atoms with Crippen molar-refractivity contribution in [2.24, 2.45) is 0 Å². The topological polar surface area (TPSA) is 143 Å². The highest BCUT2D eigenvalue weighted by Crippen LogP contribution is 2.28. The molecule has 9 nitrogen and oxygen atoms in total. The number of nitriles is 1. The summed E-state index contributed by atoms with van der Waals surface area (Å²) in [4.78, 5) is 38.2. The molecule has 44 heavy (non-hydrogen) atoms. The van der Waals surface area contributed by atoms with Crippen molar-refractivity contribution in [3.8, 4) is 29.1 Å². The van der Waals surface area contributed by atoms with Gasteiger partial charge in [0.1, 0.15) is 47.9 Å². The second kappa shape index (κ2) is 14.3. The van der Waals surface area contributed by atoms with Crippen LogP contribution in [0.1, 0.15) is 45.7 Å². The number of aromatic hydroxyl groups is 2. The number of carbonyl (C=O) groups is 3. The molecule has 2 N–H and O–H groups in total. The molecular weight excluding hydrogens is 562 g/mol. The van der Waals surface area contributed by atoms with Crippen LogP contribution in [0.5, 0.6) is 23.0 Å². The molecule has 4 aromatic carbocycles. The second-order valence-corrected chi connectivity index (χ2v) is 9.88. The Bertz CT molecular complexity index is 1630. The summed E-state index contributed by atoms with van der Waals surface area (Å²) in [5, 5.41) is 30.4. The fourth-order valence-electron chi connectivity index (χ4n) is 4.14. The average molecular weight is 592 g/mol. The van der Waals surface area contributed by atoms with E-state index < -0.39 is 12.1 Å². The summed E-state index contributed by atoms with van der Waals surface area (Å²) < 4.78 is 17.0. The van der Waals surface area contributed by atoms with Crippen LogP contribution in [-0.2, 0) is 9.53 Å². The van der Waals surface area contributed by atoms with Gasteiger partial charge in [0, 0.05) is 23.3 Å². The molecule has 0 saturated carbocycles. The molecule has 0 aliphatic rings. The van der Waals surface area contributed by atoms with Gasteiger partial charge in [-0.3, -0.25) is 9.59 Å². The van der Waals surface area contributed by atoms with Crippen molar-refractivity contribution < 1.29 is 38.8 Å². The molecule has 0 bridgehead atoms. The molecule has 0 fully saturated rings. The lowest BCUT2D eigenvalue weighted by Gasteiger charge is -2.20. The molecule has 0 saturated heterocycles. The van der Waals surface area contributed by atoms with Gasteiger partial charge in [0.15, 0.2) is 17.7 Å². The van der Waals surface area contributed by atoms with Gasteiger partial charge in [0.2, 0.25) is 0 Å². The van der Waals surface area contributed by atoms with Crippen molar-refractivity contribution in [2.45, 2.75) is 20.0 Å². The molecule has 0 aliphatic heterocycles. The fourth-order valence-corrected chi connectivity index (χ4v) is 4.14. The Hall–Kier alpha value is -5.88. The average Bonchev–Trinajstić information content (AvgIpc) is 3.02. The van der Waals surface area contributed by atoms with Crippen LogP contribution in [0.25, 0.3) is 0 Å². The van der Waals surface area contributed by atoms with E-state index in [0.29, 0.717) is 16.7 Å². The summed E-state index contributed by atoms with van der Waals surface area (Å²) >= 11 is 0. The van der Waals surface area contributed by atoms with Gasteiger partial charge in [-0.2, -0.15) is 5.26 Å². The first kappa shape index (κ1) is 31.1. The van der Waals surface area contributed by atoms with E-state index in [9.17, 15) is 29.9 Å². The summed E-state index contributed by atoms with van der Waals surface area (Å²) in [5.74, 6) is -1.80. The Morgan fingerprint density at radius 3 is 1.50 bits per heavy atom. The van der Waals surface area contributed by atoms with Crippen LogP contribution in [0.4, 0.5) is 0 Å². The van der Waals surface area contributed by atoms with Gasteiger partial charge in [0.25, 0.3) is 0 Å². The third kappa shape index (κ3) is 7.69. The number of allylic oxidation sites excluding steroid dienone is 1. The minimum atomic E-state index is -1.04. The summed E-state index contributed by atoms with van der Waals surface area (Å²) in [5.41, 5.74) is 1.30. The van der Waals surface area contributed by atoms with Crippen molar-refractivity contribution in [1.29, 1.82) is 5.26 Å². The van der Waals surface area contributed by atoms with Crippen LogP contribution in [0.15, 0.2) is 108 Å². The molecule has 4 rings (SSSR count). The second-order valence-electron chi connectivity index (χ2n) is 9.88. The molecule has 0 spiro atoms. The van der Waals surface area contributed by atoms with E-state index in [2.05, 4.69) is 0 Å². The zero-order chi connectivity index (χ0) is 31.6. The number of nitrogens with zero attached hydrogens (tertiary/aromatic N) is 1. The van der Waals surface area contributed by atoms with Gasteiger partial charge in [0.05, 0.1) is 11.1 Å². The first-order valence-electron chi connectivity index (χ1n) is 13.6. The van der Waals surface area contributed by atoms with Crippen LogP contribution < -0.4 is 9.47 Å². The van der Waals surface area contributed by atoms with Crippen molar-refractivity contribution in [1.82, 2.24) is 0 Å². The Labute approximate surface area is 254 Å². The number of ether oxygens (including phenoxy) is 3. The molecule has 0 radical (unpaired) electrons. The predicted molar refractivity (Wildman–Crippen MR) is 161 cm³/mol. The van der Waals surface area contributed by atoms with Crippen molar-refractivity contribution in [3.05, 3.63) is 130 Å². The Balaban J connectivity index is 1.47. The zero-order valence-electron chi connectivity index (χ0n) is 24.0. The summed E-state index contributed by atoms with van der Waals surface area (Å²) in [6.45, 7) is 2.72. The number of rotatable bonds is 12. The highest BCUT2D eigenvalue weighted by Gasteiger charge is 2.22. The number of esters is 1. The molecule has 4 aromatic rings. The smallest absolute Gasteiger partial charge is 0.349 e. The van der Waals surface area contributed by atoms with E-state index in [1.54, 1.807) is 74.5 Å². The maximum Gasteiger partial charge on any atom is 0.349 e. The molecule has 0 amide bonds. The number of hydrogen-bond donors (Lipinski definition) is 2. The van der Waals surface area contributed by atoms with Gasteiger partial charge >= 0.3 is 5.97 Å². The number of ketones is 2. The van der Waals surface area contributed by atoms with Crippen molar-refractivity contribution >= 4 is 17.5 Å². The molecule has 0 aliphatic carbocycles. The maximum absolute atomic E-state index is 12.7. The van der Waals surface area contributed by atoms with Crippen LogP contribution >= 0.6 is 0 Å². The lowest BCUT2D eigenvalue weighted by molar-refractivity contribution is -0.147. The Morgan fingerprint density at radius 2 is 1.14 bits per heavy atom. The molecule has 0 heterocycles. The number of benzene rings is 4. The van der Waals surface area contributed by atoms with Gasteiger partial charge in [-0.25, -0.2) is 4.79 Å². The third-order valence-electron chi connectivity index (χ3n) is 6.46. The lowest BCUT2D eigenvalue weighted by atomic mass is 10.0. The highest BCUT2D eigenvalue weighted by atomic mass is 16.6. The molecular formula is C35H29NO8. The highest BCUT2D eigenvalue weighted by molar-refractivity contribution is 6.11. The minimum absolute atomic E-state index is 0.0890. The van der Waals surface area contributed by atoms with E-state index in [-0.39, 0.29) is 64.5 Å². The van der Waals surface area contributed by atoms with E-state index >= 15 is 0 Å². The Kier molecular flexibility index (Phi) is 10.1. The standard InChI is InChI=1S/C35H29NO8/c1-22(2)30(19-36)35(41)44-27(20-42-25-13-15-28(31(37)17-25)33(39)23-9-5-3-6-10-23)21-43-26-14-16-29(32(38)18-26)34(40)24-11-7-4-8-12-24/h3-18,27,37-38H,20-21H2,1-2H3. The molecule has 0 aromatic heterocycles. The number of carbonyl (C=O) groups excluding carboxylic acids is 3. The van der Waals surface area contributed by atoms with Crippen LogP contribution in [0.2, 0.25) is 0 Å². The summed E-state index contributed by atoms with van der Waals surface area (Å²) in [6.07, 6.45) is -1.04. The molecule has 0 unspecified atom stereocenters. The van der Waals surface area contributed by atoms with E-state index in [4.69, 9.17) is 14.2 Å². The molecule has 222 valence electrons. The first-order chi connectivity index (χ1) is 21.2. The number of phenolic OH excluding ortho intramolecular Hbond substituents is 2. The van der Waals surface area contributed by atoms with E-state index in [1.165, 1.54) is 36.4 Å². The monoisotopic (exact) mass is 591 g/mol. The minimum Gasteiger partial charge on any atom is -0.507 e. The van der Waals surface area contributed by atoms with Gasteiger partial charge in [-0.1, -0.05) is 66.2 Å². The zero-order valence-corrected chi connectivity index (χ0v) is 24.0. The van der Waals surface area contributed by atoms with E-state index in [1.807, 2.05) is 6.07 Å². The largest absolute Gasteiger partial charge is 0.507 e. The Morgan fingerprint density at radius 1 is 0.705 bits per heavy atom.